The zero-order chi connectivity index (χ0) is 11.7. The van der Waals surface area contributed by atoms with Crippen molar-refractivity contribution in [1.29, 1.82) is 0 Å². The number of rotatable bonds is 2. The Kier molecular flexibility index (Phi) is 2.78. The minimum Gasteiger partial charge on any atom is -0.365 e. The smallest absolute Gasteiger partial charge is 0.253 e. The van der Waals surface area contributed by atoms with Crippen molar-refractivity contribution in [3.05, 3.63) is 46.2 Å². The summed E-state index contributed by atoms with van der Waals surface area (Å²) < 4.78 is 2.24. The molecule has 1 amide bonds. The lowest BCUT2D eigenvalue weighted by Gasteiger charge is -2.02. The van der Waals surface area contributed by atoms with Crippen LogP contribution in [0.25, 0.3) is 5.69 Å². The number of nitrogens with two attached hydrogens (primary N) is 1. The summed E-state index contributed by atoms with van der Waals surface area (Å²) in [5.74, 6) is -0.480. The Morgan fingerprint density at radius 2 is 2.00 bits per heavy atom. The van der Waals surface area contributed by atoms with E-state index in [0.29, 0.717) is 15.9 Å². The van der Waals surface area contributed by atoms with Crippen molar-refractivity contribution in [1.82, 2.24) is 9.78 Å². The Hall–Kier alpha value is -1.62. The molecule has 2 N–H and O–H groups in total. The van der Waals surface area contributed by atoms with Gasteiger partial charge >= 0.3 is 0 Å². The van der Waals surface area contributed by atoms with Crippen LogP contribution in [0.2, 0.25) is 0 Å². The van der Waals surface area contributed by atoms with Crippen LogP contribution in [-0.4, -0.2) is 15.7 Å². The molecule has 1 aromatic carbocycles. The minimum atomic E-state index is -0.480. The average molecular weight is 280 g/mol. The van der Waals surface area contributed by atoms with Gasteiger partial charge in [-0.05, 0) is 35.0 Å². The molecule has 0 unspecified atom stereocenters. The van der Waals surface area contributed by atoms with E-state index in [9.17, 15) is 4.79 Å². The van der Waals surface area contributed by atoms with Crippen LogP contribution < -0.4 is 5.73 Å². The highest BCUT2D eigenvalue weighted by Gasteiger charge is 2.17. The predicted octanol–water partition coefficient (Wildman–Crippen LogP) is 2.04. The van der Waals surface area contributed by atoms with E-state index in [4.69, 9.17) is 5.73 Å². The highest BCUT2D eigenvalue weighted by molar-refractivity contribution is 9.10. The zero-order valence-electron chi connectivity index (χ0n) is 8.64. The highest BCUT2D eigenvalue weighted by Crippen LogP contribution is 2.23. The first-order valence-electron chi connectivity index (χ1n) is 4.71. The van der Waals surface area contributed by atoms with Crippen molar-refractivity contribution in [2.24, 2.45) is 5.73 Å². The predicted molar refractivity (Wildman–Crippen MR) is 64.5 cm³/mol. The van der Waals surface area contributed by atoms with Crippen molar-refractivity contribution in [3.8, 4) is 5.69 Å². The van der Waals surface area contributed by atoms with Crippen LogP contribution in [0.1, 0.15) is 16.1 Å². The molecule has 0 saturated carbocycles. The van der Waals surface area contributed by atoms with E-state index in [1.54, 1.807) is 11.6 Å². The fraction of sp³-hybridized carbons (Fsp3) is 0.0909. The van der Waals surface area contributed by atoms with Gasteiger partial charge in [-0.3, -0.25) is 4.79 Å². The lowest BCUT2D eigenvalue weighted by Crippen LogP contribution is -2.12. The molecule has 0 aliphatic carbocycles. The molecule has 0 bridgehead atoms. The molecule has 16 heavy (non-hydrogen) atoms. The fourth-order valence-corrected chi connectivity index (χ4v) is 2.29. The molecule has 0 atom stereocenters. The summed E-state index contributed by atoms with van der Waals surface area (Å²) in [5.41, 5.74) is 7.20. The molecule has 1 aromatic heterocycles. The first-order chi connectivity index (χ1) is 7.61. The molecule has 1 heterocycles. The number of aromatic nitrogens is 2. The van der Waals surface area contributed by atoms with Gasteiger partial charge in [0, 0.05) is 0 Å². The summed E-state index contributed by atoms with van der Waals surface area (Å²) in [5, 5.41) is 4.27. The van der Waals surface area contributed by atoms with Gasteiger partial charge in [-0.2, -0.15) is 5.10 Å². The van der Waals surface area contributed by atoms with Crippen molar-refractivity contribution in [2.75, 3.05) is 0 Å². The molecular weight excluding hydrogens is 270 g/mol. The number of benzene rings is 1. The number of aryl methyl sites for hydroxylation is 1. The third-order valence-corrected chi connectivity index (χ3v) is 2.98. The summed E-state index contributed by atoms with van der Waals surface area (Å²) in [7, 11) is 0. The molecule has 82 valence electrons. The molecule has 0 fully saturated rings. The molecule has 5 heteroatoms. The van der Waals surface area contributed by atoms with Crippen molar-refractivity contribution < 1.29 is 4.79 Å². The van der Waals surface area contributed by atoms with Crippen LogP contribution in [0.3, 0.4) is 0 Å². The number of hydrogen-bond donors (Lipinski definition) is 1. The van der Waals surface area contributed by atoms with Crippen molar-refractivity contribution >= 4 is 21.8 Å². The van der Waals surface area contributed by atoms with E-state index in [1.807, 2.05) is 30.3 Å². The lowest BCUT2D eigenvalue weighted by molar-refractivity contribution is 0.0999. The van der Waals surface area contributed by atoms with Gasteiger partial charge in [0.2, 0.25) is 0 Å². The third-order valence-electron chi connectivity index (χ3n) is 2.25. The van der Waals surface area contributed by atoms with E-state index in [1.165, 1.54) is 0 Å². The maximum atomic E-state index is 11.2. The zero-order valence-corrected chi connectivity index (χ0v) is 10.2. The number of hydrogen-bond acceptors (Lipinski definition) is 2. The topological polar surface area (TPSA) is 60.9 Å². The van der Waals surface area contributed by atoms with Crippen molar-refractivity contribution in [2.45, 2.75) is 6.92 Å². The van der Waals surface area contributed by atoms with Gasteiger partial charge in [-0.1, -0.05) is 18.2 Å². The first-order valence-corrected chi connectivity index (χ1v) is 5.51. The van der Waals surface area contributed by atoms with Crippen LogP contribution in [0, 0.1) is 6.92 Å². The summed E-state index contributed by atoms with van der Waals surface area (Å²) in [6.07, 6.45) is 0. The molecule has 0 aliphatic rings. The van der Waals surface area contributed by atoms with E-state index >= 15 is 0 Å². The molecule has 0 spiro atoms. The second-order valence-electron chi connectivity index (χ2n) is 3.36. The molecule has 4 nitrogen and oxygen atoms in total. The van der Waals surface area contributed by atoms with Crippen LogP contribution in [0.15, 0.2) is 34.9 Å². The van der Waals surface area contributed by atoms with E-state index in [2.05, 4.69) is 21.0 Å². The average Bonchev–Trinajstić information content (AvgIpc) is 2.55. The maximum absolute atomic E-state index is 11.2. The third kappa shape index (κ3) is 1.74. The fourth-order valence-electron chi connectivity index (χ4n) is 1.52. The molecule has 2 rings (SSSR count). The monoisotopic (exact) mass is 279 g/mol. The number of amides is 1. The Balaban J connectivity index is 2.61. The SMILES string of the molecule is Cc1nn(-c2ccccc2)c(Br)c1C(N)=O. The largest absolute Gasteiger partial charge is 0.365 e. The first kappa shape index (κ1) is 10.9. The van der Waals surface area contributed by atoms with Gasteiger partial charge in [0.1, 0.15) is 4.60 Å². The summed E-state index contributed by atoms with van der Waals surface area (Å²) in [4.78, 5) is 11.2. The van der Waals surface area contributed by atoms with Crippen molar-refractivity contribution in [3.63, 3.8) is 0 Å². The number of carbonyl (C=O) groups excluding carboxylic acids is 1. The van der Waals surface area contributed by atoms with Gasteiger partial charge < -0.3 is 5.73 Å². The second kappa shape index (κ2) is 4.09. The quantitative estimate of drug-likeness (QED) is 0.915. The number of para-hydroxylation sites is 1. The molecule has 0 radical (unpaired) electrons. The summed E-state index contributed by atoms with van der Waals surface area (Å²) >= 11 is 3.34. The van der Waals surface area contributed by atoms with Gasteiger partial charge in [0.05, 0.1) is 16.9 Å². The van der Waals surface area contributed by atoms with E-state index in [-0.39, 0.29) is 0 Å². The van der Waals surface area contributed by atoms with Gasteiger partial charge in [-0.25, -0.2) is 4.68 Å². The number of primary amides is 1. The second-order valence-corrected chi connectivity index (χ2v) is 4.11. The number of carbonyl (C=O) groups is 1. The van der Waals surface area contributed by atoms with Gasteiger partial charge in [-0.15, -0.1) is 0 Å². The molecule has 0 aliphatic heterocycles. The number of halogens is 1. The van der Waals surface area contributed by atoms with Gasteiger partial charge in [0.25, 0.3) is 5.91 Å². The standard InChI is InChI=1S/C11H10BrN3O/c1-7-9(11(13)16)10(12)15(14-7)8-5-3-2-4-6-8/h2-6H,1H3,(H2,13,16). The van der Waals surface area contributed by atoms with Gasteiger partial charge in [0.15, 0.2) is 0 Å². The lowest BCUT2D eigenvalue weighted by atomic mass is 10.2. The van der Waals surface area contributed by atoms with Crippen LogP contribution in [0.4, 0.5) is 0 Å². The van der Waals surface area contributed by atoms with Crippen LogP contribution in [0.5, 0.6) is 0 Å². The normalized spacial score (nSPS) is 10.4. The Bertz CT molecular complexity index is 534. The Morgan fingerprint density at radius 3 is 2.50 bits per heavy atom. The Morgan fingerprint density at radius 1 is 1.38 bits per heavy atom. The summed E-state index contributed by atoms with van der Waals surface area (Å²) in [6.45, 7) is 1.75. The molecular formula is C11H10BrN3O. The van der Waals surface area contributed by atoms with Crippen LogP contribution >= 0.6 is 15.9 Å². The maximum Gasteiger partial charge on any atom is 0.253 e. The molecule has 0 saturated heterocycles. The highest BCUT2D eigenvalue weighted by atomic mass is 79.9. The number of nitrogens with zero attached hydrogens (tertiary/aromatic N) is 2. The molecule has 2 aromatic rings. The van der Waals surface area contributed by atoms with Crippen LogP contribution in [-0.2, 0) is 0 Å². The van der Waals surface area contributed by atoms with E-state index in [0.717, 1.165) is 5.69 Å². The summed E-state index contributed by atoms with van der Waals surface area (Å²) in [6, 6.07) is 9.54. The Labute approximate surface area is 101 Å². The van der Waals surface area contributed by atoms with E-state index < -0.39 is 5.91 Å². The minimum absolute atomic E-state index is 0.420.